The second kappa shape index (κ2) is 9.68. The highest BCUT2D eigenvalue weighted by Gasteiger charge is 2.17. The van der Waals surface area contributed by atoms with Crippen LogP contribution in [0.2, 0.25) is 10.0 Å². The summed E-state index contributed by atoms with van der Waals surface area (Å²) in [4.78, 5) is 23.8. The third kappa shape index (κ3) is 5.45. The Hall–Kier alpha value is -3.29. The van der Waals surface area contributed by atoms with Crippen LogP contribution in [0.4, 0.5) is 10.1 Å². The first-order valence-electron chi connectivity index (χ1n) is 8.96. The molecule has 3 N–H and O–H groups in total. The summed E-state index contributed by atoms with van der Waals surface area (Å²) in [6, 6.07) is 13.2. The number of nitrogen functional groups attached to an aromatic ring is 1. The van der Waals surface area contributed by atoms with Crippen LogP contribution in [0.15, 0.2) is 54.6 Å². The number of carbonyl (C=O) groups is 2. The summed E-state index contributed by atoms with van der Waals surface area (Å²) >= 11 is 12.0. The number of hydrogen-bond acceptors (Lipinski definition) is 5. The maximum absolute atomic E-state index is 15.0. The average molecular weight is 463 g/mol. The third-order valence-electron chi connectivity index (χ3n) is 4.25. The van der Waals surface area contributed by atoms with Crippen LogP contribution in [0.1, 0.15) is 26.3 Å². The van der Waals surface area contributed by atoms with Crippen molar-refractivity contribution < 1.29 is 23.5 Å². The Morgan fingerprint density at radius 2 is 1.71 bits per heavy atom. The highest BCUT2D eigenvalue weighted by molar-refractivity contribution is 6.32. The van der Waals surface area contributed by atoms with Gasteiger partial charge in [0.15, 0.2) is 11.6 Å². The maximum atomic E-state index is 15.0. The molecule has 0 aromatic heterocycles. The quantitative estimate of drug-likeness (QED) is 0.386. The van der Waals surface area contributed by atoms with Crippen molar-refractivity contribution in [2.75, 3.05) is 12.8 Å². The molecule has 3 rings (SSSR count). The number of amides is 1. The number of nitrogens with two attached hydrogens (primary N) is 1. The lowest BCUT2D eigenvalue weighted by molar-refractivity contribution is 0.0600. The highest BCUT2D eigenvalue weighted by atomic mass is 35.5. The molecule has 0 radical (unpaired) electrons. The summed E-state index contributed by atoms with van der Waals surface area (Å²) in [5.74, 6) is -1.68. The van der Waals surface area contributed by atoms with E-state index in [1.54, 1.807) is 0 Å². The van der Waals surface area contributed by atoms with Gasteiger partial charge in [-0.2, -0.15) is 0 Å². The molecule has 1 amide bonds. The van der Waals surface area contributed by atoms with Gasteiger partial charge < -0.3 is 20.5 Å². The molecule has 0 atom stereocenters. The van der Waals surface area contributed by atoms with E-state index in [1.165, 1.54) is 61.7 Å². The summed E-state index contributed by atoms with van der Waals surface area (Å²) in [5, 5.41) is 2.99. The number of halogens is 3. The minimum Gasteiger partial charge on any atom is -0.465 e. The van der Waals surface area contributed by atoms with E-state index in [4.69, 9.17) is 33.7 Å². The van der Waals surface area contributed by atoms with Gasteiger partial charge >= 0.3 is 5.97 Å². The van der Waals surface area contributed by atoms with Crippen LogP contribution in [-0.2, 0) is 11.3 Å². The monoisotopic (exact) mass is 462 g/mol. The Morgan fingerprint density at radius 1 is 1.03 bits per heavy atom. The van der Waals surface area contributed by atoms with E-state index in [9.17, 15) is 14.0 Å². The predicted octanol–water partition coefficient (Wildman–Crippen LogP) is 5.22. The number of ether oxygens (including phenoxy) is 2. The zero-order valence-corrected chi connectivity index (χ0v) is 17.8. The van der Waals surface area contributed by atoms with Crippen molar-refractivity contribution in [2.24, 2.45) is 0 Å². The molecular formula is C22H17Cl2FN2O4. The molecule has 0 fully saturated rings. The molecule has 31 heavy (non-hydrogen) atoms. The van der Waals surface area contributed by atoms with E-state index in [1.807, 2.05) is 0 Å². The zero-order valence-electron chi connectivity index (χ0n) is 16.2. The summed E-state index contributed by atoms with van der Waals surface area (Å²) in [7, 11) is 1.27. The number of rotatable bonds is 6. The number of esters is 1. The largest absolute Gasteiger partial charge is 0.465 e. The molecule has 0 spiro atoms. The lowest BCUT2D eigenvalue weighted by Crippen LogP contribution is -2.23. The normalized spacial score (nSPS) is 10.5. The van der Waals surface area contributed by atoms with Crippen molar-refractivity contribution >= 4 is 40.8 Å². The molecule has 0 unspecified atom stereocenters. The fourth-order valence-corrected chi connectivity index (χ4v) is 3.14. The number of benzene rings is 3. The Bertz CT molecular complexity index is 1120. The standard InChI is InChI=1S/C22H17Cl2FN2O4/c1-30-22(29)13-4-2-12(3-5-13)21(28)27-11-14-6-7-18(24)20(19(14)25)31-17-9-15(23)8-16(26)10-17/h2-10H,11,26H2,1H3,(H,27,28). The number of hydrogen-bond donors (Lipinski definition) is 2. The van der Waals surface area contributed by atoms with Crippen molar-refractivity contribution in [1.29, 1.82) is 0 Å². The lowest BCUT2D eigenvalue weighted by atomic mass is 10.1. The molecule has 0 heterocycles. The molecule has 6 nitrogen and oxygen atoms in total. The zero-order chi connectivity index (χ0) is 22.5. The molecule has 0 bridgehead atoms. The lowest BCUT2D eigenvalue weighted by Gasteiger charge is -2.13. The molecule has 3 aromatic carbocycles. The van der Waals surface area contributed by atoms with Gasteiger partial charge in [-0.1, -0.05) is 29.3 Å². The molecule has 0 aliphatic carbocycles. The van der Waals surface area contributed by atoms with Crippen LogP contribution < -0.4 is 15.8 Å². The third-order valence-corrected chi connectivity index (χ3v) is 4.77. The molecule has 0 aliphatic heterocycles. The molecule has 0 aliphatic rings. The van der Waals surface area contributed by atoms with E-state index in [0.29, 0.717) is 21.8 Å². The van der Waals surface area contributed by atoms with Gasteiger partial charge in [0.2, 0.25) is 0 Å². The van der Waals surface area contributed by atoms with Crippen molar-refractivity contribution in [3.05, 3.63) is 87.2 Å². The van der Waals surface area contributed by atoms with Crippen LogP contribution in [0.3, 0.4) is 0 Å². The van der Waals surface area contributed by atoms with Crippen molar-refractivity contribution in [3.63, 3.8) is 0 Å². The fourth-order valence-electron chi connectivity index (χ4n) is 2.72. The van der Waals surface area contributed by atoms with Crippen LogP contribution >= 0.6 is 23.2 Å². The maximum Gasteiger partial charge on any atom is 0.337 e. The molecule has 0 saturated heterocycles. The Morgan fingerprint density at radius 3 is 2.35 bits per heavy atom. The average Bonchev–Trinajstić information content (AvgIpc) is 2.74. The fraction of sp³-hybridized carbons (Fsp3) is 0.0909. The molecule has 3 aromatic rings. The SMILES string of the molecule is COC(=O)c1ccc(C(=O)NCc2ccc(Cl)c(Oc3cc(N)cc(Cl)c3)c2F)cc1. The first kappa shape index (κ1) is 22.4. The van der Waals surface area contributed by atoms with Gasteiger partial charge in [-0.25, -0.2) is 9.18 Å². The first-order valence-corrected chi connectivity index (χ1v) is 9.71. The Labute approximate surface area is 187 Å². The van der Waals surface area contributed by atoms with Gasteiger partial charge in [-0.15, -0.1) is 0 Å². The Balaban J connectivity index is 1.74. The second-order valence-corrected chi connectivity index (χ2v) is 7.27. The highest BCUT2D eigenvalue weighted by Crippen LogP contribution is 2.35. The van der Waals surface area contributed by atoms with Crippen LogP contribution in [-0.4, -0.2) is 19.0 Å². The topological polar surface area (TPSA) is 90.7 Å². The Kier molecular flexibility index (Phi) is 6.99. The molecule has 160 valence electrons. The van der Waals surface area contributed by atoms with Gasteiger partial charge in [0.25, 0.3) is 5.91 Å². The van der Waals surface area contributed by atoms with E-state index < -0.39 is 17.7 Å². The minimum atomic E-state index is -0.729. The van der Waals surface area contributed by atoms with E-state index in [2.05, 4.69) is 10.1 Å². The van der Waals surface area contributed by atoms with Crippen LogP contribution in [0, 0.1) is 5.82 Å². The van der Waals surface area contributed by atoms with Crippen molar-refractivity contribution in [1.82, 2.24) is 5.32 Å². The van der Waals surface area contributed by atoms with E-state index >= 15 is 0 Å². The number of carbonyl (C=O) groups excluding carboxylic acids is 2. The van der Waals surface area contributed by atoms with Gasteiger partial charge in [0, 0.05) is 34.4 Å². The molecule has 9 heteroatoms. The van der Waals surface area contributed by atoms with Crippen LogP contribution in [0.5, 0.6) is 11.5 Å². The first-order chi connectivity index (χ1) is 14.8. The number of anilines is 1. The number of nitrogens with one attached hydrogen (secondary N) is 1. The number of methoxy groups -OCH3 is 1. The van der Waals surface area contributed by atoms with Crippen molar-refractivity contribution in [3.8, 4) is 11.5 Å². The predicted molar refractivity (Wildman–Crippen MR) is 116 cm³/mol. The summed E-state index contributed by atoms with van der Waals surface area (Å²) < 4.78 is 25.1. The summed E-state index contributed by atoms with van der Waals surface area (Å²) in [5.41, 5.74) is 6.84. The van der Waals surface area contributed by atoms with Gasteiger partial charge in [0.1, 0.15) is 5.75 Å². The molecule has 0 saturated carbocycles. The summed E-state index contributed by atoms with van der Waals surface area (Å²) in [6.45, 7) is -0.116. The van der Waals surface area contributed by atoms with E-state index in [0.717, 1.165) is 0 Å². The molecular weight excluding hydrogens is 446 g/mol. The van der Waals surface area contributed by atoms with Crippen molar-refractivity contribution in [2.45, 2.75) is 6.54 Å². The van der Waals surface area contributed by atoms with Gasteiger partial charge in [-0.3, -0.25) is 4.79 Å². The smallest absolute Gasteiger partial charge is 0.337 e. The summed E-state index contributed by atoms with van der Waals surface area (Å²) in [6.07, 6.45) is 0. The van der Waals surface area contributed by atoms with Gasteiger partial charge in [-0.05, 0) is 42.5 Å². The van der Waals surface area contributed by atoms with Gasteiger partial charge in [0.05, 0.1) is 17.7 Å². The minimum absolute atomic E-state index is 0.0459. The second-order valence-electron chi connectivity index (χ2n) is 6.42. The van der Waals surface area contributed by atoms with E-state index in [-0.39, 0.29) is 28.6 Å². The van der Waals surface area contributed by atoms with Crippen LogP contribution in [0.25, 0.3) is 0 Å².